The van der Waals surface area contributed by atoms with E-state index in [1.54, 1.807) is 0 Å². The first-order valence-corrected chi connectivity index (χ1v) is 16.7. The van der Waals surface area contributed by atoms with Gasteiger partial charge in [-0.1, -0.05) is 152 Å². The Morgan fingerprint density at radius 2 is 0.896 bits per heavy atom. The van der Waals surface area contributed by atoms with Gasteiger partial charge in [0.2, 0.25) is 0 Å². The van der Waals surface area contributed by atoms with E-state index in [1.165, 1.54) is 66.4 Å². The fourth-order valence-corrected chi connectivity index (χ4v) is 8.49. The predicted molar refractivity (Wildman–Crippen MR) is 200 cm³/mol. The molecule has 224 valence electrons. The molecule has 8 aromatic carbocycles. The highest BCUT2D eigenvalue weighted by Crippen LogP contribution is 2.64. The van der Waals surface area contributed by atoms with Crippen molar-refractivity contribution in [1.29, 1.82) is 0 Å². The number of rotatable bonds is 4. The van der Waals surface area contributed by atoms with Crippen LogP contribution in [0.2, 0.25) is 0 Å². The van der Waals surface area contributed by atoms with Crippen molar-refractivity contribution >= 4 is 27.8 Å². The molecule has 0 bridgehead atoms. The largest absolute Gasteiger partial charge is 0.310 e. The van der Waals surface area contributed by atoms with Crippen LogP contribution in [-0.4, -0.2) is 0 Å². The Balaban J connectivity index is 1.23. The molecule has 1 unspecified atom stereocenters. The van der Waals surface area contributed by atoms with Crippen LogP contribution in [0, 0.1) is 0 Å². The molecule has 0 saturated carbocycles. The van der Waals surface area contributed by atoms with Crippen LogP contribution in [0.25, 0.3) is 44.2 Å². The Bertz CT molecular complexity index is 2500. The van der Waals surface area contributed by atoms with Gasteiger partial charge < -0.3 is 4.90 Å². The molecule has 0 radical (unpaired) electrons. The summed E-state index contributed by atoms with van der Waals surface area (Å²) < 4.78 is 0. The van der Waals surface area contributed by atoms with Crippen molar-refractivity contribution in [1.82, 2.24) is 0 Å². The zero-order valence-corrected chi connectivity index (χ0v) is 26.3. The molecule has 2 aliphatic rings. The van der Waals surface area contributed by atoms with E-state index >= 15 is 0 Å². The van der Waals surface area contributed by atoms with E-state index in [2.05, 4.69) is 193 Å². The average Bonchev–Trinajstić information content (AvgIpc) is 3.63. The standard InChI is InChI=1S/C47H31N/c1-3-13-32(14-4-1)33-23-26-36(27-24-33)48(35-16-5-2-6-17-35)37-28-29-40-39-19-9-11-21-42(39)47(45(40)31-37)43-22-12-10-20-41(43)46-38-18-8-7-15-34(38)25-30-44(46)47/h1-31H. The van der Waals surface area contributed by atoms with Crippen molar-refractivity contribution in [3.05, 3.63) is 210 Å². The topological polar surface area (TPSA) is 3.24 Å². The molecule has 48 heavy (non-hydrogen) atoms. The fourth-order valence-electron chi connectivity index (χ4n) is 8.49. The molecule has 0 heterocycles. The van der Waals surface area contributed by atoms with Gasteiger partial charge in [-0.05, 0) is 103 Å². The molecular weight excluding hydrogens is 579 g/mol. The van der Waals surface area contributed by atoms with E-state index in [1.807, 2.05) is 0 Å². The summed E-state index contributed by atoms with van der Waals surface area (Å²) in [5, 5.41) is 2.59. The van der Waals surface area contributed by atoms with Crippen LogP contribution in [-0.2, 0) is 5.41 Å². The lowest BCUT2D eigenvalue weighted by Gasteiger charge is -2.32. The molecule has 10 rings (SSSR count). The first-order valence-electron chi connectivity index (χ1n) is 16.7. The van der Waals surface area contributed by atoms with E-state index < -0.39 is 5.41 Å². The lowest BCUT2D eigenvalue weighted by atomic mass is 9.70. The van der Waals surface area contributed by atoms with Gasteiger partial charge in [0.05, 0.1) is 5.41 Å². The monoisotopic (exact) mass is 609 g/mol. The first-order chi connectivity index (χ1) is 23.8. The molecule has 0 amide bonds. The summed E-state index contributed by atoms with van der Waals surface area (Å²) in [5.74, 6) is 0. The number of nitrogens with zero attached hydrogens (tertiary/aromatic N) is 1. The lowest BCUT2D eigenvalue weighted by Crippen LogP contribution is -2.26. The van der Waals surface area contributed by atoms with Crippen LogP contribution >= 0.6 is 0 Å². The summed E-state index contributed by atoms with van der Waals surface area (Å²) in [6.45, 7) is 0. The van der Waals surface area contributed by atoms with E-state index in [9.17, 15) is 0 Å². The van der Waals surface area contributed by atoms with Gasteiger partial charge in [-0.15, -0.1) is 0 Å². The lowest BCUT2D eigenvalue weighted by molar-refractivity contribution is 0.794. The van der Waals surface area contributed by atoms with E-state index in [4.69, 9.17) is 0 Å². The summed E-state index contributed by atoms with van der Waals surface area (Å²) >= 11 is 0. The number of hydrogen-bond donors (Lipinski definition) is 0. The zero-order valence-electron chi connectivity index (χ0n) is 26.3. The molecule has 0 aromatic heterocycles. The van der Waals surface area contributed by atoms with Crippen LogP contribution in [0.15, 0.2) is 188 Å². The normalized spacial score (nSPS) is 15.2. The number of para-hydroxylation sites is 1. The second-order valence-electron chi connectivity index (χ2n) is 12.9. The molecule has 8 aromatic rings. The maximum atomic E-state index is 2.47. The Labute approximate surface area is 281 Å². The molecule has 1 nitrogen and oxygen atoms in total. The Kier molecular flexibility index (Phi) is 5.86. The van der Waals surface area contributed by atoms with Crippen LogP contribution in [0.5, 0.6) is 0 Å². The average molecular weight is 610 g/mol. The van der Waals surface area contributed by atoms with Crippen molar-refractivity contribution in [2.45, 2.75) is 5.41 Å². The minimum atomic E-state index is -0.419. The van der Waals surface area contributed by atoms with Crippen molar-refractivity contribution in [3.8, 4) is 33.4 Å². The van der Waals surface area contributed by atoms with Crippen LogP contribution in [0.4, 0.5) is 17.1 Å². The van der Waals surface area contributed by atoms with Gasteiger partial charge in [-0.3, -0.25) is 0 Å². The Hall–Kier alpha value is -6.18. The zero-order chi connectivity index (χ0) is 31.7. The molecule has 1 atom stereocenters. The number of fused-ring (bicyclic) bond motifs is 12. The quantitative estimate of drug-likeness (QED) is 0.192. The van der Waals surface area contributed by atoms with Crippen molar-refractivity contribution in [3.63, 3.8) is 0 Å². The SMILES string of the molecule is c1ccc(-c2ccc(N(c3ccccc3)c3ccc4c(c3)C3(c5ccccc5-4)c4ccccc4-c4c3ccc3ccccc43)cc2)cc1. The third-order valence-electron chi connectivity index (χ3n) is 10.5. The van der Waals surface area contributed by atoms with Gasteiger partial charge in [-0.25, -0.2) is 0 Å². The van der Waals surface area contributed by atoms with E-state index in [-0.39, 0.29) is 0 Å². The predicted octanol–water partition coefficient (Wildman–Crippen LogP) is 12.3. The van der Waals surface area contributed by atoms with Crippen LogP contribution in [0.3, 0.4) is 0 Å². The Morgan fingerprint density at radius 1 is 0.333 bits per heavy atom. The summed E-state index contributed by atoms with van der Waals surface area (Å²) in [7, 11) is 0. The maximum Gasteiger partial charge on any atom is 0.0726 e. The highest BCUT2D eigenvalue weighted by molar-refractivity contribution is 6.06. The van der Waals surface area contributed by atoms with E-state index in [0.29, 0.717) is 0 Å². The van der Waals surface area contributed by atoms with Crippen molar-refractivity contribution in [2.75, 3.05) is 4.90 Å². The van der Waals surface area contributed by atoms with Crippen LogP contribution in [0.1, 0.15) is 22.3 Å². The fraction of sp³-hybridized carbons (Fsp3) is 0.0213. The second kappa shape index (κ2) is 10.4. The number of benzene rings is 8. The van der Waals surface area contributed by atoms with Crippen LogP contribution < -0.4 is 4.90 Å². The van der Waals surface area contributed by atoms with Crippen molar-refractivity contribution in [2.24, 2.45) is 0 Å². The minimum absolute atomic E-state index is 0.419. The first kappa shape index (κ1) is 27.0. The molecule has 0 fully saturated rings. The third kappa shape index (κ3) is 3.73. The molecule has 1 spiro atoms. The summed E-state index contributed by atoms with van der Waals surface area (Å²) in [6.07, 6.45) is 0. The molecule has 0 aliphatic heterocycles. The number of hydrogen-bond acceptors (Lipinski definition) is 1. The van der Waals surface area contributed by atoms with Gasteiger partial charge >= 0.3 is 0 Å². The van der Waals surface area contributed by atoms with Gasteiger partial charge in [0.15, 0.2) is 0 Å². The van der Waals surface area contributed by atoms with Gasteiger partial charge in [-0.2, -0.15) is 0 Å². The summed E-state index contributed by atoms with van der Waals surface area (Å²) in [5.41, 5.74) is 16.1. The second-order valence-corrected chi connectivity index (χ2v) is 12.9. The molecule has 0 saturated heterocycles. The highest BCUT2D eigenvalue weighted by atomic mass is 15.1. The molecular formula is C47H31N. The molecule has 2 aliphatic carbocycles. The summed E-state index contributed by atoms with van der Waals surface area (Å²) in [4.78, 5) is 2.40. The van der Waals surface area contributed by atoms with Gasteiger partial charge in [0.25, 0.3) is 0 Å². The Morgan fingerprint density at radius 3 is 1.69 bits per heavy atom. The smallest absolute Gasteiger partial charge is 0.0726 e. The summed E-state index contributed by atoms with van der Waals surface area (Å²) in [6, 6.07) is 69.1. The van der Waals surface area contributed by atoms with E-state index in [0.717, 1.165) is 17.1 Å². The number of anilines is 3. The van der Waals surface area contributed by atoms with Gasteiger partial charge in [0.1, 0.15) is 0 Å². The molecule has 1 heteroatoms. The van der Waals surface area contributed by atoms with Crippen molar-refractivity contribution < 1.29 is 0 Å². The maximum absolute atomic E-state index is 2.47. The third-order valence-corrected chi connectivity index (χ3v) is 10.5. The minimum Gasteiger partial charge on any atom is -0.310 e. The highest BCUT2D eigenvalue weighted by Gasteiger charge is 2.52. The molecule has 0 N–H and O–H groups in total. The van der Waals surface area contributed by atoms with Gasteiger partial charge in [0, 0.05) is 17.1 Å².